The maximum Gasteiger partial charge on any atom is 0.338 e. The Morgan fingerprint density at radius 2 is 1.57 bits per heavy atom. The van der Waals surface area contributed by atoms with E-state index in [-0.39, 0.29) is 25.0 Å². The van der Waals surface area contributed by atoms with Gasteiger partial charge in [-0.25, -0.2) is 4.79 Å². The Kier molecular flexibility index (Phi) is 9.18. The molecule has 47 heavy (non-hydrogen) atoms. The Balaban J connectivity index is 1.87. The maximum atomic E-state index is 14.0. The van der Waals surface area contributed by atoms with Crippen molar-refractivity contribution < 1.29 is 52.4 Å². The van der Waals surface area contributed by atoms with Gasteiger partial charge in [0.25, 0.3) is 0 Å². The van der Waals surface area contributed by atoms with E-state index in [1.807, 2.05) is 19.9 Å². The molecule has 11 atom stereocenters. The minimum Gasteiger partial charge on any atom is -0.461 e. The topological polar surface area (TPSA) is 141 Å². The summed E-state index contributed by atoms with van der Waals surface area (Å²) >= 11 is 0. The molecule has 1 aromatic carbocycles. The fourth-order valence-corrected chi connectivity index (χ4v) is 8.99. The Morgan fingerprint density at radius 1 is 0.915 bits per heavy atom. The number of carbonyl (C=O) groups excluding carboxylic acids is 5. The monoisotopic (exact) mass is 652 g/mol. The molecule has 1 aliphatic heterocycles. The minimum absolute atomic E-state index is 0.0618. The predicted octanol–water partition coefficient (Wildman–Crippen LogP) is 4.52. The summed E-state index contributed by atoms with van der Waals surface area (Å²) in [7, 11) is 0. The van der Waals surface area contributed by atoms with Crippen LogP contribution in [0.2, 0.25) is 0 Å². The molecule has 1 saturated heterocycles. The van der Waals surface area contributed by atoms with Gasteiger partial charge in [-0.2, -0.15) is 0 Å². The van der Waals surface area contributed by atoms with Crippen LogP contribution in [-0.2, 0) is 47.6 Å². The summed E-state index contributed by atoms with van der Waals surface area (Å²) < 4.78 is 38.0. The van der Waals surface area contributed by atoms with Crippen LogP contribution in [0, 0.1) is 29.1 Å². The van der Waals surface area contributed by atoms with E-state index in [9.17, 15) is 24.0 Å². The van der Waals surface area contributed by atoms with Crippen LogP contribution in [-0.4, -0.2) is 72.1 Å². The molecule has 254 valence electrons. The van der Waals surface area contributed by atoms with Gasteiger partial charge in [0.05, 0.1) is 23.5 Å². The number of hydrogen-bond donors (Lipinski definition) is 0. The first-order valence-electron chi connectivity index (χ1n) is 16.1. The Morgan fingerprint density at radius 3 is 2.15 bits per heavy atom. The summed E-state index contributed by atoms with van der Waals surface area (Å²) in [5, 5.41) is 0. The average Bonchev–Trinajstić information content (AvgIpc) is 3.44. The molecule has 3 aliphatic carbocycles. The summed E-state index contributed by atoms with van der Waals surface area (Å²) in [6.45, 7) is 15.1. The molecular formula is C36H44O11. The van der Waals surface area contributed by atoms with Crippen LogP contribution in [0.3, 0.4) is 0 Å². The van der Waals surface area contributed by atoms with Gasteiger partial charge in [0.15, 0.2) is 11.7 Å². The van der Waals surface area contributed by atoms with Crippen LogP contribution < -0.4 is 0 Å². The van der Waals surface area contributed by atoms with Gasteiger partial charge >= 0.3 is 29.8 Å². The molecule has 1 heterocycles. The maximum absolute atomic E-state index is 14.0. The van der Waals surface area contributed by atoms with Gasteiger partial charge in [0.2, 0.25) is 0 Å². The lowest BCUT2D eigenvalue weighted by Gasteiger charge is -2.51. The van der Waals surface area contributed by atoms with Crippen LogP contribution in [0.4, 0.5) is 0 Å². The molecule has 4 aliphatic rings. The normalized spacial score (nSPS) is 38.2. The third-order valence-electron chi connectivity index (χ3n) is 10.4. The highest BCUT2D eigenvalue weighted by Crippen LogP contribution is 2.68. The van der Waals surface area contributed by atoms with Gasteiger partial charge in [0, 0.05) is 39.0 Å². The second-order valence-corrected chi connectivity index (χ2v) is 13.6. The first-order chi connectivity index (χ1) is 22.1. The number of esters is 5. The lowest BCUT2D eigenvalue weighted by atomic mass is 9.55. The number of hydrogen-bond acceptors (Lipinski definition) is 11. The van der Waals surface area contributed by atoms with E-state index in [4.69, 9.17) is 28.4 Å². The Bertz CT molecular complexity index is 1480. The summed E-state index contributed by atoms with van der Waals surface area (Å²) in [6.07, 6.45) is -0.675. The standard InChI is InChI=1S/C36H44O11/c1-9-27(40)45-29-20(4)17-36(47-23(7)39)28(29)31(44-22(6)38)35-18-42-34(8,33(36)46-32(41)24-13-11-10-12-14-24)30(35)25(19(2)3)15-16-26(35)43-21(5)37/h10-16,20,25-26,28-31,33H,2,9,17-18H2,1,3-8H3/t20-,25+,26+,28+,29-,30-,31+,33-,34-,35+,36+/m0/s1. The molecule has 0 N–H and O–H groups in total. The van der Waals surface area contributed by atoms with E-state index in [0.717, 1.165) is 5.57 Å². The van der Waals surface area contributed by atoms with Gasteiger partial charge < -0.3 is 28.4 Å². The molecule has 0 radical (unpaired) electrons. The van der Waals surface area contributed by atoms with Crippen LogP contribution in [0.25, 0.3) is 0 Å². The van der Waals surface area contributed by atoms with Crippen molar-refractivity contribution >= 4 is 29.8 Å². The molecule has 0 amide bonds. The third kappa shape index (κ3) is 5.56. The number of fused-ring (bicyclic) bond motifs is 1. The van der Waals surface area contributed by atoms with E-state index >= 15 is 0 Å². The molecule has 0 unspecified atom stereocenters. The highest BCUT2D eigenvalue weighted by Gasteiger charge is 2.82. The van der Waals surface area contributed by atoms with Crippen molar-refractivity contribution in [3.8, 4) is 0 Å². The second-order valence-electron chi connectivity index (χ2n) is 13.6. The molecule has 5 rings (SSSR count). The second kappa shape index (κ2) is 12.6. The van der Waals surface area contributed by atoms with Crippen molar-refractivity contribution in [2.45, 2.75) is 96.9 Å². The van der Waals surface area contributed by atoms with E-state index in [0.29, 0.717) is 0 Å². The molecule has 0 spiro atoms. The highest BCUT2D eigenvalue weighted by atomic mass is 16.6. The van der Waals surface area contributed by atoms with Crippen molar-refractivity contribution in [2.24, 2.45) is 29.1 Å². The zero-order valence-corrected chi connectivity index (χ0v) is 28.0. The van der Waals surface area contributed by atoms with Crippen LogP contribution >= 0.6 is 0 Å². The zero-order chi connectivity index (χ0) is 34.5. The summed E-state index contributed by atoms with van der Waals surface area (Å²) in [5.74, 6) is -5.74. The van der Waals surface area contributed by atoms with Gasteiger partial charge in [-0.3, -0.25) is 19.2 Å². The molecule has 2 bridgehead atoms. The van der Waals surface area contributed by atoms with Crippen molar-refractivity contribution in [2.75, 3.05) is 6.61 Å². The number of ether oxygens (including phenoxy) is 6. The van der Waals surface area contributed by atoms with Gasteiger partial charge in [-0.15, -0.1) is 0 Å². The Labute approximate surface area is 274 Å². The summed E-state index contributed by atoms with van der Waals surface area (Å²) in [6, 6.07) is 8.39. The van der Waals surface area contributed by atoms with Crippen LogP contribution in [0.1, 0.15) is 71.7 Å². The fourth-order valence-electron chi connectivity index (χ4n) is 8.99. The van der Waals surface area contributed by atoms with Crippen molar-refractivity contribution in [1.29, 1.82) is 0 Å². The highest BCUT2D eigenvalue weighted by molar-refractivity contribution is 5.89. The van der Waals surface area contributed by atoms with E-state index in [2.05, 4.69) is 6.58 Å². The largest absolute Gasteiger partial charge is 0.461 e. The molecule has 0 aromatic heterocycles. The van der Waals surface area contributed by atoms with E-state index in [1.54, 1.807) is 50.3 Å². The summed E-state index contributed by atoms with van der Waals surface area (Å²) in [5.41, 5.74) is -3.46. The van der Waals surface area contributed by atoms with Crippen LogP contribution in [0.5, 0.6) is 0 Å². The molecular weight excluding hydrogens is 608 g/mol. The van der Waals surface area contributed by atoms with Crippen molar-refractivity contribution in [3.05, 3.63) is 60.2 Å². The summed E-state index contributed by atoms with van der Waals surface area (Å²) in [4.78, 5) is 65.9. The lowest BCUT2D eigenvalue weighted by Crippen LogP contribution is -2.64. The van der Waals surface area contributed by atoms with E-state index < -0.39 is 94.6 Å². The first-order valence-corrected chi connectivity index (χ1v) is 16.1. The molecule has 2 saturated carbocycles. The van der Waals surface area contributed by atoms with Gasteiger partial charge in [-0.1, -0.05) is 50.3 Å². The average molecular weight is 653 g/mol. The first kappa shape index (κ1) is 34.3. The quantitative estimate of drug-likeness (QED) is 0.222. The minimum atomic E-state index is -1.71. The van der Waals surface area contributed by atoms with Crippen LogP contribution in [0.15, 0.2) is 54.6 Å². The Hall–Kier alpha value is -3.99. The van der Waals surface area contributed by atoms with Crippen molar-refractivity contribution in [3.63, 3.8) is 0 Å². The number of benzene rings is 1. The fraction of sp³-hybridized carbons (Fsp3) is 0.583. The molecule has 1 aromatic rings. The number of carbonyl (C=O) groups is 5. The van der Waals surface area contributed by atoms with E-state index in [1.165, 1.54) is 20.8 Å². The third-order valence-corrected chi connectivity index (χ3v) is 10.4. The van der Waals surface area contributed by atoms with Gasteiger partial charge in [-0.05, 0) is 44.4 Å². The predicted molar refractivity (Wildman–Crippen MR) is 166 cm³/mol. The smallest absolute Gasteiger partial charge is 0.338 e. The van der Waals surface area contributed by atoms with Gasteiger partial charge in [0.1, 0.15) is 23.9 Å². The lowest BCUT2D eigenvalue weighted by molar-refractivity contribution is -0.239. The number of allylic oxidation sites excluding steroid dienone is 2. The molecule has 3 fully saturated rings. The number of rotatable bonds is 8. The molecule has 11 heteroatoms. The van der Waals surface area contributed by atoms with Crippen molar-refractivity contribution in [1.82, 2.24) is 0 Å². The zero-order valence-electron chi connectivity index (χ0n) is 28.0. The SMILES string of the molecule is C=C(C)[C@H]1C=C[C@@H](OC(C)=O)[C@@]23CO[C@](C)([C@H](OC(=O)c4ccccc4)[C@@]4(OC(C)=O)C[C@H](C)[C@H](OC(=O)CC)[C@@H]4[C@H]2OC(C)=O)[C@H]13. The molecule has 11 nitrogen and oxygen atoms in total.